The lowest BCUT2D eigenvalue weighted by Crippen LogP contribution is -2.31. The minimum atomic E-state index is -0.555. The number of carbonyl (C=O) groups excluding carboxylic acids is 2. The van der Waals surface area contributed by atoms with Gasteiger partial charge in [-0.3, -0.25) is 4.79 Å². The Labute approximate surface area is 168 Å². The summed E-state index contributed by atoms with van der Waals surface area (Å²) in [7, 11) is 1.66. The minimum absolute atomic E-state index is 0.122. The summed E-state index contributed by atoms with van der Waals surface area (Å²) < 4.78 is 21.8. The molecule has 0 unspecified atom stereocenters. The van der Waals surface area contributed by atoms with Gasteiger partial charge in [0.15, 0.2) is 18.1 Å². The molecule has 2 aliphatic heterocycles. The van der Waals surface area contributed by atoms with Crippen LogP contribution in [0.3, 0.4) is 0 Å². The van der Waals surface area contributed by atoms with Crippen LogP contribution in [0, 0.1) is 0 Å². The molecule has 7 nitrogen and oxygen atoms in total. The smallest absolute Gasteiger partial charge is 0.338 e. The van der Waals surface area contributed by atoms with Crippen LogP contribution in [0.15, 0.2) is 48.0 Å². The molecule has 2 heterocycles. The van der Waals surface area contributed by atoms with Crippen LogP contribution in [0.2, 0.25) is 0 Å². The molecule has 4 rings (SSSR count). The van der Waals surface area contributed by atoms with Crippen molar-refractivity contribution in [1.82, 2.24) is 4.90 Å². The van der Waals surface area contributed by atoms with Gasteiger partial charge in [-0.25, -0.2) is 4.79 Å². The van der Waals surface area contributed by atoms with E-state index >= 15 is 0 Å². The lowest BCUT2D eigenvalue weighted by molar-refractivity contribution is -0.148. The normalized spacial score (nSPS) is 14.2. The molecule has 7 heteroatoms. The topological polar surface area (TPSA) is 74.3 Å². The van der Waals surface area contributed by atoms with E-state index in [0.29, 0.717) is 36.8 Å². The third kappa shape index (κ3) is 4.34. The monoisotopic (exact) mass is 395 g/mol. The van der Waals surface area contributed by atoms with Gasteiger partial charge in [-0.15, -0.1) is 0 Å². The molecule has 0 bridgehead atoms. The highest BCUT2D eigenvalue weighted by molar-refractivity contribution is 5.96. The first-order chi connectivity index (χ1) is 14.1. The number of rotatable bonds is 5. The molecule has 0 saturated carbocycles. The number of para-hydroxylation sites is 1. The van der Waals surface area contributed by atoms with E-state index in [1.165, 1.54) is 4.90 Å². The van der Waals surface area contributed by atoms with E-state index in [-0.39, 0.29) is 19.1 Å². The van der Waals surface area contributed by atoms with E-state index in [2.05, 4.69) is 0 Å². The van der Waals surface area contributed by atoms with Gasteiger partial charge in [0.2, 0.25) is 0 Å². The number of ether oxygens (including phenoxy) is 4. The predicted octanol–water partition coefficient (Wildman–Crippen LogP) is 2.44. The second-order valence-electron chi connectivity index (χ2n) is 6.80. The Morgan fingerprint density at radius 2 is 1.79 bits per heavy atom. The van der Waals surface area contributed by atoms with Crippen molar-refractivity contribution in [1.29, 1.82) is 0 Å². The zero-order valence-corrected chi connectivity index (χ0v) is 16.1. The van der Waals surface area contributed by atoms with Crippen LogP contribution in [0.25, 0.3) is 6.08 Å². The molecule has 0 aliphatic carbocycles. The van der Waals surface area contributed by atoms with Crippen LogP contribution in [0.1, 0.15) is 11.1 Å². The number of amides is 1. The first-order valence-corrected chi connectivity index (χ1v) is 9.32. The van der Waals surface area contributed by atoms with Gasteiger partial charge in [0.25, 0.3) is 5.91 Å². The Kier molecular flexibility index (Phi) is 5.37. The van der Waals surface area contributed by atoms with Crippen LogP contribution in [0.4, 0.5) is 0 Å². The van der Waals surface area contributed by atoms with E-state index in [4.69, 9.17) is 18.9 Å². The molecular weight excluding hydrogens is 374 g/mol. The minimum Gasteiger partial charge on any atom is -0.488 e. The van der Waals surface area contributed by atoms with Gasteiger partial charge in [-0.1, -0.05) is 24.3 Å². The maximum Gasteiger partial charge on any atom is 0.338 e. The van der Waals surface area contributed by atoms with Crippen LogP contribution in [0.5, 0.6) is 17.2 Å². The molecule has 0 N–H and O–H groups in total. The lowest BCUT2D eigenvalue weighted by Gasteiger charge is -2.21. The van der Waals surface area contributed by atoms with Gasteiger partial charge in [0.05, 0.1) is 5.57 Å². The summed E-state index contributed by atoms with van der Waals surface area (Å²) in [6.45, 7) is 1.19. The molecule has 29 heavy (non-hydrogen) atoms. The predicted molar refractivity (Wildman–Crippen MR) is 105 cm³/mol. The number of nitrogens with zero attached hydrogens (tertiary/aromatic N) is 1. The fourth-order valence-corrected chi connectivity index (χ4v) is 3.11. The fraction of sp³-hybridized carbons (Fsp3) is 0.273. The van der Waals surface area contributed by atoms with Crippen molar-refractivity contribution in [2.24, 2.45) is 0 Å². The Hall–Kier alpha value is -3.48. The highest BCUT2D eigenvalue weighted by atomic mass is 16.6. The van der Waals surface area contributed by atoms with Crippen molar-refractivity contribution >= 4 is 18.0 Å². The van der Waals surface area contributed by atoms with Crippen molar-refractivity contribution in [3.05, 3.63) is 59.2 Å². The van der Waals surface area contributed by atoms with Crippen LogP contribution in [-0.2, 0) is 20.9 Å². The summed E-state index contributed by atoms with van der Waals surface area (Å²) >= 11 is 0. The van der Waals surface area contributed by atoms with E-state index in [1.54, 1.807) is 13.1 Å². The molecule has 2 aromatic carbocycles. The summed E-state index contributed by atoms with van der Waals surface area (Å²) in [5.41, 5.74) is 2.09. The molecule has 0 atom stereocenters. The maximum atomic E-state index is 12.4. The molecule has 0 saturated heterocycles. The van der Waals surface area contributed by atoms with Crippen LogP contribution < -0.4 is 14.2 Å². The van der Waals surface area contributed by atoms with Crippen molar-refractivity contribution in [2.45, 2.75) is 6.54 Å². The van der Waals surface area contributed by atoms with E-state index < -0.39 is 5.97 Å². The Morgan fingerprint density at radius 1 is 1.00 bits per heavy atom. The molecule has 0 radical (unpaired) electrons. The van der Waals surface area contributed by atoms with Crippen molar-refractivity contribution in [2.75, 3.05) is 33.5 Å². The molecule has 150 valence electrons. The SMILES string of the molecule is CN(Cc1ccc2c(c1)OCCO2)C(=O)COC(=O)C1=Cc2ccccc2OC1. The highest BCUT2D eigenvalue weighted by Gasteiger charge is 2.20. The zero-order valence-electron chi connectivity index (χ0n) is 16.1. The van der Waals surface area contributed by atoms with Gasteiger partial charge in [-0.05, 0) is 29.8 Å². The molecule has 2 aromatic rings. The molecular formula is C22H21NO6. The zero-order chi connectivity index (χ0) is 20.2. The van der Waals surface area contributed by atoms with Gasteiger partial charge < -0.3 is 23.8 Å². The summed E-state index contributed by atoms with van der Waals surface area (Å²) in [5, 5.41) is 0. The average Bonchev–Trinajstić information content (AvgIpc) is 2.76. The second-order valence-corrected chi connectivity index (χ2v) is 6.80. The van der Waals surface area contributed by atoms with Gasteiger partial charge in [-0.2, -0.15) is 0 Å². The number of esters is 1. The quantitative estimate of drug-likeness (QED) is 0.724. The van der Waals surface area contributed by atoms with E-state index in [0.717, 1.165) is 16.9 Å². The number of carbonyl (C=O) groups is 2. The Bertz CT molecular complexity index is 968. The number of fused-ring (bicyclic) bond motifs is 2. The largest absolute Gasteiger partial charge is 0.488 e. The number of hydrogen-bond acceptors (Lipinski definition) is 6. The summed E-state index contributed by atoms with van der Waals surface area (Å²) in [4.78, 5) is 26.1. The Balaban J connectivity index is 1.31. The lowest BCUT2D eigenvalue weighted by atomic mass is 10.1. The van der Waals surface area contributed by atoms with Crippen molar-refractivity contribution in [3.8, 4) is 17.2 Å². The summed E-state index contributed by atoms with van der Waals surface area (Å²) in [5.74, 6) is 1.24. The van der Waals surface area contributed by atoms with Crippen molar-refractivity contribution in [3.63, 3.8) is 0 Å². The molecule has 1 amide bonds. The average molecular weight is 395 g/mol. The Morgan fingerprint density at radius 3 is 2.66 bits per heavy atom. The van der Waals surface area contributed by atoms with E-state index in [1.807, 2.05) is 42.5 Å². The van der Waals surface area contributed by atoms with E-state index in [9.17, 15) is 9.59 Å². The summed E-state index contributed by atoms with van der Waals surface area (Å²) in [6, 6.07) is 13.0. The van der Waals surface area contributed by atoms with Crippen molar-refractivity contribution < 1.29 is 28.5 Å². The van der Waals surface area contributed by atoms with Gasteiger partial charge >= 0.3 is 5.97 Å². The molecule has 2 aliphatic rings. The highest BCUT2D eigenvalue weighted by Crippen LogP contribution is 2.31. The standard InChI is InChI=1S/C22H21NO6/c1-23(12-15-6-7-19-20(10-15)27-9-8-26-19)21(24)14-29-22(25)17-11-16-4-2-3-5-18(16)28-13-17/h2-7,10-11H,8-9,12-14H2,1H3. The van der Waals surface area contributed by atoms with Gasteiger partial charge in [0.1, 0.15) is 25.6 Å². The van der Waals surface area contributed by atoms with Crippen LogP contribution >= 0.6 is 0 Å². The van der Waals surface area contributed by atoms with Crippen LogP contribution in [-0.4, -0.2) is 50.3 Å². The molecule has 0 spiro atoms. The first kappa shape index (κ1) is 18.9. The second kappa shape index (κ2) is 8.26. The third-order valence-electron chi connectivity index (χ3n) is 4.67. The van der Waals surface area contributed by atoms with Gasteiger partial charge in [0, 0.05) is 19.2 Å². The number of benzene rings is 2. The first-order valence-electron chi connectivity index (χ1n) is 9.32. The fourth-order valence-electron chi connectivity index (χ4n) is 3.11. The summed E-state index contributed by atoms with van der Waals surface area (Å²) in [6.07, 6.45) is 1.73. The third-order valence-corrected chi connectivity index (χ3v) is 4.67. The number of hydrogen-bond donors (Lipinski definition) is 0. The maximum absolute atomic E-state index is 12.4. The molecule has 0 aromatic heterocycles. The molecule has 0 fully saturated rings. The number of likely N-dealkylation sites (N-methyl/N-ethyl adjacent to an activating group) is 1.